The molecule has 0 aromatic rings. The van der Waals surface area contributed by atoms with Crippen LogP contribution in [-0.2, 0) is 4.79 Å². The first-order chi connectivity index (χ1) is 8.47. The summed E-state index contributed by atoms with van der Waals surface area (Å²) in [5, 5.41) is 21.3. The van der Waals surface area contributed by atoms with E-state index in [9.17, 15) is 14.7 Å². The Morgan fingerprint density at radius 3 is 2.61 bits per heavy atom. The van der Waals surface area contributed by atoms with E-state index < -0.39 is 18.1 Å². The fraction of sp³-hybridized carbons (Fsp3) is 0.833. The molecule has 1 aliphatic carbocycles. The topological polar surface area (TPSA) is 89.9 Å². The minimum atomic E-state index is -1.06. The van der Waals surface area contributed by atoms with Gasteiger partial charge in [0.15, 0.2) is 0 Å². The van der Waals surface area contributed by atoms with Gasteiger partial charge in [-0.15, -0.1) is 0 Å². The lowest BCUT2D eigenvalue weighted by Crippen LogP contribution is -2.47. The maximum absolute atomic E-state index is 11.9. The first kappa shape index (κ1) is 13.1. The van der Waals surface area contributed by atoms with Gasteiger partial charge in [-0.05, 0) is 24.7 Å². The van der Waals surface area contributed by atoms with E-state index in [1.807, 2.05) is 0 Å². The molecule has 0 bridgehead atoms. The van der Waals surface area contributed by atoms with Gasteiger partial charge in [0.2, 0.25) is 0 Å². The van der Waals surface area contributed by atoms with Gasteiger partial charge in [0.25, 0.3) is 0 Å². The molecule has 0 aromatic carbocycles. The first-order valence-corrected chi connectivity index (χ1v) is 6.43. The summed E-state index contributed by atoms with van der Waals surface area (Å²) in [5.74, 6) is -1.06. The Hall–Kier alpha value is -1.30. The fourth-order valence-electron chi connectivity index (χ4n) is 2.47. The number of hydrogen-bond acceptors (Lipinski definition) is 3. The van der Waals surface area contributed by atoms with Gasteiger partial charge in [0, 0.05) is 19.5 Å². The number of urea groups is 1. The Balaban J connectivity index is 1.89. The summed E-state index contributed by atoms with van der Waals surface area (Å²) in [6.07, 6.45) is 2.64. The number of carbonyl (C=O) groups excluding carboxylic acids is 1. The molecule has 2 rings (SSSR count). The number of likely N-dealkylation sites (tertiary alicyclic amines) is 1. The number of aliphatic hydroxyl groups excluding tert-OH is 1. The molecule has 2 amide bonds. The Morgan fingerprint density at radius 2 is 2.11 bits per heavy atom. The van der Waals surface area contributed by atoms with E-state index in [0.29, 0.717) is 6.54 Å². The predicted octanol–water partition coefficient (Wildman–Crippen LogP) is 0.406. The van der Waals surface area contributed by atoms with Crippen molar-refractivity contribution in [2.75, 3.05) is 13.1 Å². The molecule has 2 unspecified atom stereocenters. The molecule has 0 radical (unpaired) electrons. The standard InChI is InChI=1S/C12H20N2O4/c1-2-12(3-4-12)7-13-11(18)14-6-8(15)5-9(14)10(16)17/h8-9,15H,2-7H2,1H3,(H,13,18)(H,16,17). The van der Waals surface area contributed by atoms with Crippen LogP contribution in [0.5, 0.6) is 0 Å². The molecule has 3 N–H and O–H groups in total. The number of carboxylic acid groups (broad SMARTS) is 1. The van der Waals surface area contributed by atoms with Crippen LogP contribution in [-0.4, -0.2) is 52.3 Å². The molecule has 1 heterocycles. The third-order valence-electron chi connectivity index (χ3n) is 4.15. The van der Waals surface area contributed by atoms with E-state index in [4.69, 9.17) is 5.11 Å². The number of aliphatic hydroxyl groups is 1. The summed E-state index contributed by atoms with van der Waals surface area (Å²) in [7, 11) is 0. The third-order valence-corrected chi connectivity index (χ3v) is 4.15. The van der Waals surface area contributed by atoms with Crippen molar-refractivity contribution in [2.24, 2.45) is 5.41 Å². The number of carboxylic acids is 1. The number of nitrogens with zero attached hydrogens (tertiary/aromatic N) is 1. The molecule has 2 atom stereocenters. The second-order valence-electron chi connectivity index (χ2n) is 5.41. The van der Waals surface area contributed by atoms with E-state index in [0.717, 1.165) is 19.3 Å². The van der Waals surface area contributed by atoms with Crippen LogP contribution >= 0.6 is 0 Å². The van der Waals surface area contributed by atoms with Gasteiger partial charge in [0.05, 0.1) is 6.10 Å². The Kier molecular flexibility index (Phi) is 3.47. The Morgan fingerprint density at radius 1 is 1.44 bits per heavy atom. The number of aliphatic carboxylic acids is 1. The second kappa shape index (κ2) is 4.76. The Bertz CT molecular complexity index is 354. The van der Waals surface area contributed by atoms with Crippen molar-refractivity contribution in [3.63, 3.8) is 0 Å². The molecule has 2 fully saturated rings. The highest BCUT2D eigenvalue weighted by Gasteiger charge is 2.43. The van der Waals surface area contributed by atoms with Crippen LogP contribution in [0, 0.1) is 5.41 Å². The highest BCUT2D eigenvalue weighted by atomic mass is 16.4. The van der Waals surface area contributed by atoms with E-state index in [-0.39, 0.29) is 24.4 Å². The van der Waals surface area contributed by atoms with Crippen molar-refractivity contribution in [1.29, 1.82) is 0 Å². The van der Waals surface area contributed by atoms with Crippen LogP contribution in [0.1, 0.15) is 32.6 Å². The minimum Gasteiger partial charge on any atom is -0.480 e. The van der Waals surface area contributed by atoms with Gasteiger partial charge in [-0.3, -0.25) is 0 Å². The van der Waals surface area contributed by atoms with Crippen molar-refractivity contribution in [1.82, 2.24) is 10.2 Å². The summed E-state index contributed by atoms with van der Waals surface area (Å²) >= 11 is 0. The lowest BCUT2D eigenvalue weighted by Gasteiger charge is -2.23. The average molecular weight is 256 g/mol. The van der Waals surface area contributed by atoms with E-state index in [1.165, 1.54) is 4.90 Å². The molecule has 18 heavy (non-hydrogen) atoms. The van der Waals surface area contributed by atoms with Crippen LogP contribution in [0.2, 0.25) is 0 Å². The van der Waals surface area contributed by atoms with E-state index >= 15 is 0 Å². The zero-order valence-electron chi connectivity index (χ0n) is 10.6. The van der Waals surface area contributed by atoms with Gasteiger partial charge in [0.1, 0.15) is 6.04 Å². The number of carbonyl (C=O) groups is 2. The largest absolute Gasteiger partial charge is 0.480 e. The molecule has 2 aliphatic rings. The van der Waals surface area contributed by atoms with Gasteiger partial charge in [-0.2, -0.15) is 0 Å². The molecule has 1 aliphatic heterocycles. The SMILES string of the molecule is CCC1(CNC(=O)N2CC(O)CC2C(=O)O)CC1. The van der Waals surface area contributed by atoms with Crippen molar-refractivity contribution in [3.8, 4) is 0 Å². The normalized spacial score (nSPS) is 29.1. The zero-order valence-corrected chi connectivity index (χ0v) is 10.6. The molecule has 6 nitrogen and oxygen atoms in total. The lowest BCUT2D eigenvalue weighted by atomic mass is 10.0. The monoisotopic (exact) mass is 256 g/mol. The fourth-order valence-corrected chi connectivity index (χ4v) is 2.47. The van der Waals surface area contributed by atoms with Crippen LogP contribution in [0.4, 0.5) is 4.79 Å². The quantitative estimate of drug-likeness (QED) is 0.679. The molecule has 1 saturated heterocycles. The number of amides is 2. The highest BCUT2D eigenvalue weighted by molar-refractivity contribution is 5.83. The van der Waals surface area contributed by atoms with Gasteiger partial charge >= 0.3 is 12.0 Å². The van der Waals surface area contributed by atoms with Crippen molar-refractivity contribution >= 4 is 12.0 Å². The van der Waals surface area contributed by atoms with E-state index in [2.05, 4.69) is 12.2 Å². The van der Waals surface area contributed by atoms with Gasteiger partial charge < -0.3 is 20.4 Å². The third kappa shape index (κ3) is 2.58. The minimum absolute atomic E-state index is 0.0991. The van der Waals surface area contributed by atoms with Crippen molar-refractivity contribution in [3.05, 3.63) is 0 Å². The van der Waals surface area contributed by atoms with Crippen LogP contribution < -0.4 is 5.32 Å². The molecular weight excluding hydrogens is 236 g/mol. The average Bonchev–Trinajstić information content (AvgIpc) is 3.01. The van der Waals surface area contributed by atoms with Crippen LogP contribution in [0.25, 0.3) is 0 Å². The summed E-state index contributed by atoms with van der Waals surface area (Å²) in [6, 6.07) is -1.28. The summed E-state index contributed by atoms with van der Waals surface area (Å²) in [4.78, 5) is 24.2. The number of rotatable bonds is 4. The molecule has 1 saturated carbocycles. The van der Waals surface area contributed by atoms with Gasteiger partial charge in [-0.1, -0.05) is 6.92 Å². The maximum Gasteiger partial charge on any atom is 0.326 e. The number of hydrogen-bond donors (Lipinski definition) is 3. The van der Waals surface area contributed by atoms with E-state index in [1.54, 1.807) is 0 Å². The van der Waals surface area contributed by atoms with Crippen molar-refractivity contribution < 1.29 is 19.8 Å². The maximum atomic E-state index is 11.9. The lowest BCUT2D eigenvalue weighted by molar-refractivity contribution is -0.141. The second-order valence-corrected chi connectivity index (χ2v) is 5.41. The van der Waals surface area contributed by atoms with Crippen molar-refractivity contribution in [2.45, 2.75) is 44.8 Å². The van der Waals surface area contributed by atoms with Crippen LogP contribution in [0.15, 0.2) is 0 Å². The highest BCUT2D eigenvalue weighted by Crippen LogP contribution is 2.47. The molecule has 102 valence electrons. The molecular formula is C12H20N2O4. The Labute approximate surface area is 106 Å². The van der Waals surface area contributed by atoms with Crippen LogP contribution in [0.3, 0.4) is 0 Å². The predicted molar refractivity (Wildman–Crippen MR) is 64.1 cm³/mol. The molecule has 0 aromatic heterocycles. The number of β-amino-alcohol motifs (C(OH)–C–C–N with tert-alkyl or cyclic N) is 1. The molecule has 0 spiro atoms. The zero-order chi connectivity index (χ0) is 13.3. The smallest absolute Gasteiger partial charge is 0.326 e. The summed E-state index contributed by atoms with van der Waals surface area (Å²) < 4.78 is 0. The summed E-state index contributed by atoms with van der Waals surface area (Å²) in [6.45, 7) is 2.79. The molecule has 6 heteroatoms. The number of nitrogens with one attached hydrogen (secondary N) is 1. The van der Waals surface area contributed by atoms with Gasteiger partial charge in [-0.25, -0.2) is 9.59 Å². The summed E-state index contributed by atoms with van der Waals surface area (Å²) in [5.41, 5.74) is 0.229. The first-order valence-electron chi connectivity index (χ1n) is 6.43.